The molecule has 2 aromatic carbocycles. The molecule has 0 spiro atoms. The van der Waals surface area contributed by atoms with E-state index in [1.165, 1.54) is 5.56 Å². The summed E-state index contributed by atoms with van der Waals surface area (Å²) in [6.45, 7) is 4.11. The summed E-state index contributed by atoms with van der Waals surface area (Å²) in [5.41, 5.74) is 4.42. The van der Waals surface area contributed by atoms with Crippen molar-refractivity contribution in [3.05, 3.63) is 65.2 Å². The molecule has 0 aliphatic carbocycles. The van der Waals surface area contributed by atoms with Crippen molar-refractivity contribution in [3.8, 4) is 0 Å². The first-order valence-electron chi connectivity index (χ1n) is 9.33. The van der Waals surface area contributed by atoms with Crippen molar-refractivity contribution in [2.24, 2.45) is 5.92 Å². The third-order valence-corrected chi connectivity index (χ3v) is 5.10. The van der Waals surface area contributed by atoms with E-state index in [2.05, 4.69) is 41.8 Å². The third kappa shape index (κ3) is 4.31. The molecule has 2 unspecified atom stereocenters. The number of carbonyl (C=O) groups is 2. The maximum atomic E-state index is 12.3. The minimum absolute atomic E-state index is 0.0104. The summed E-state index contributed by atoms with van der Waals surface area (Å²) < 4.78 is 0. The lowest BCUT2D eigenvalue weighted by atomic mass is 9.89. The van der Waals surface area contributed by atoms with Crippen LogP contribution in [0.2, 0.25) is 0 Å². The van der Waals surface area contributed by atoms with Gasteiger partial charge in [0.1, 0.15) is 0 Å². The maximum absolute atomic E-state index is 12.3. The first-order chi connectivity index (χ1) is 12.6. The van der Waals surface area contributed by atoms with Crippen LogP contribution in [-0.4, -0.2) is 11.8 Å². The summed E-state index contributed by atoms with van der Waals surface area (Å²) in [4.78, 5) is 24.5. The predicted molar refractivity (Wildman–Crippen MR) is 104 cm³/mol. The molecule has 2 aromatic rings. The lowest BCUT2D eigenvalue weighted by Gasteiger charge is -2.24. The molecule has 3 rings (SSSR count). The molecule has 0 fully saturated rings. The molecule has 1 aliphatic heterocycles. The van der Waals surface area contributed by atoms with Crippen LogP contribution in [0.1, 0.15) is 49.4 Å². The average Bonchev–Trinajstić information content (AvgIpc) is 2.66. The average molecular weight is 350 g/mol. The summed E-state index contributed by atoms with van der Waals surface area (Å²) in [6.07, 6.45) is 2.63. The topological polar surface area (TPSA) is 58.2 Å². The minimum Gasteiger partial charge on any atom is -0.350 e. The maximum Gasteiger partial charge on any atom is 0.227 e. The fraction of sp³-hybridized carbons (Fsp3) is 0.364. The Morgan fingerprint density at radius 1 is 1.19 bits per heavy atom. The van der Waals surface area contributed by atoms with Crippen molar-refractivity contribution in [3.63, 3.8) is 0 Å². The van der Waals surface area contributed by atoms with Crippen LogP contribution in [0.15, 0.2) is 48.5 Å². The molecular weight excluding hydrogens is 324 g/mol. The van der Waals surface area contributed by atoms with Gasteiger partial charge in [-0.15, -0.1) is 0 Å². The molecule has 0 saturated heterocycles. The Morgan fingerprint density at radius 3 is 2.65 bits per heavy atom. The number of carbonyl (C=O) groups excluding carboxylic acids is 2. The highest BCUT2D eigenvalue weighted by Gasteiger charge is 2.26. The van der Waals surface area contributed by atoms with E-state index in [1.807, 2.05) is 31.2 Å². The van der Waals surface area contributed by atoms with E-state index >= 15 is 0 Å². The molecule has 26 heavy (non-hydrogen) atoms. The van der Waals surface area contributed by atoms with E-state index in [9.17, 15) is 9.59 Å². The first-order valence-corrected chi connectivity index (χ1v) is 9.33. The zero-order chi connectivity index (χ0) is 18.5. The van der Waals surface area contributed by atoms with Gasteiger partial charge in [-0.2, -0.15) is 0 Å². The summed E-state index contributed by atoms with van der Waals surface area (Å²) in [7, 11) is 0. The van der Waals surface area contributed by atoms with Crippen molar-refractivity contribution < 1.29 is 9.59 Å². The molecule has 1 aliphatic rings. The van der Waals surface area contributed by atoms with Gasteiger partial charge in [-0.1, -0.05) is 49.4 Å². The zero-order valence-corrected chi connectivity index (χ0v) is 15.4. The third-order valence-electron chi connectivity index (χ3n) is 5.10. The molecular formula is C22H26N2O2. The molecule has 4 heteroatoms. The van der Waals surface area contributed by atoms with Crippen LogP contribution in [0.3, 0.4) is 0 Å². The number of aryl methyl sites for hydroxylation is 1. The van der Waals surface area contributed by atoms with E-state index < -0.39 is 0 Å². The number of hydrogen-bond acceptors (Lipinski definition) is 2. The van der Waals surface area contributed by atoms with Gasteiger partial charge in [0.05, 0.1) is 6.04 Å². The van der Waals surface area contributed by atoms with E-state index in [1.54, 1.807) is 0 Å². The minimum atomic E-state index is -0.144. The molecule has 2 amide bonds. The molecule has 0 aromatic heterocycles. The van der Waals surface area contributed by atoms with Gasteiger partial charge in [0, 0.05) is 18.0 Å². The normalized spacial score (nSPS) is 17.2. The molecule has 136 valence electrons. The van der Waals surface area contributed by atoms with Crippen molar-refractivity contribution in [2.75, 3.05) is 5.32 Å². The second kappa shape index (κ2) is 8.17. The Hall–Kier alpha value is -2.62. The summed E-state index contributed by atoms with van der Waals surface area (Å²) in [5.74, 6) is -0.141. The molecule has 0 bridgehead atoms. The Balaban J connectivity index is 1.51. The first kappa shape index (κ1) is 18.2. The summed E-state index contributed by atoms with van der Waals surface area (Å²) in [6, 6.07) is 16.1. The molecule has 2 N–H and O–H groups in total. The SMILES string of the molecule is CCc1ccc(C(C)NC(=O)CCC2Cc3ccccc3NC2=O)cc1. The van der Waals surface area contributed by atoms with Crippen LogP contribution in [0.4, 0.5) is 5.69 Å². The Kier molecular flexibility index (Phi) is 5.71. The largest absolute Gasteiger partial charge is 0.350 e. The molecule has 1 heterocycles. The van der Waals surface area contributed by atoms with Gasteiger partial charge in [-0.3, -0.25) is 9.59 Å². The summed E-state index contributed by atoms with van der Waals surface area (Å²) >= 11 is 0. The fourth-order valence-corrected chi connectivity index (χ4v) is 3.39. The number of nitrogens with one attached hydrogen (secondary N) is 2. The lowest BCUT2D eigenvalue weighted by molar-refractivity contribution is -0.123. The van der Waals surface area contributed by atoms with Gasteiger partial charge in [0.15, 0.2) is 0 Å². The number of para-hydroxylation sites is 1. The lowest BCUT2D eigenvalue weighted by Crippen LogP contribution is -2.32. The number of benzene rings is 2. The van der Waals surface area contributed by atoms with Gasteiger partial charge >= 0.3 is 0 Å². The van der Waals surface area contributed by atoms with Crippen molar-refractivity contribution in [1.29, 1.82) is 0 Å². The second-order valence-electron chi connectivity index (χ2n) is 6.97. The molecule has 4 nitrogen and oxygen atoms in total. The highest BCUT2D eigenvalue weighted by Crippen LogP contribution is 2.27. The van der Waals surface area contributed by atoms with Gasteiger partial charge in [-0.05, 0) is 48.9 Å². The number of fused-ring (bicyclic) bond motifs is 1. The van der Waals surface area contributed by atoms with Crippen molar-refractivity contribution in [1.82, 2.24) is 5.32 Å². The number of anilines is 1. The predicted octanol–water partition coefficient (Wildman–Crippen LogP) is 4.02. The number of amides is 2. The monoisotopic (exact) mass is 350 g/mol. The van der Waals surface area contributed by atoms with Gasteiger partial charge in [-0.25, -0.2) is 0 Å². The highest BCUT2D eigenvalue weighted by atomic mass is 16.2. The fourth-order valence-electron chi connectivity index (χ4n) is 3.39. The van der Waals surface area contributed by atoms with Crippen LogP contribution in [0.25, 0.3) is 0 Å². The van der Waals surface area contributed by atoms with Crippen molar-refractivity contribution in [2.45, 2.75) is 45.6 Å². The van der Waals surface area contributed by atoms with E-state index in [4.69, 9.17) is 0 Å². The quantitative estimate of drug-likeness (QED) is 0.827. The van der Waals surface area contributed by atoms with Crippen LogP contribution in [-0.2, 0) is 22.4 Å². The van der Waals surface area contributed by atoms with Gasteiger partial charge in [0.2, 0.25) is 11.8 Å². The van der Waals surface area contributed by atoms with Crippen LogP contribution in [0, 0.1) is 5.92 Å². The van der Waals surface area contributed by atoms with Crippen LogP contribution < -0.4 is 10.6 Å². The smallest absolute Gasteiger partial charge is 0.227 e. The molecule has 0 radical (unpaired) electrons. The van der Waals surface area contributed by atoms with Crippen LogP contribution >= 0.6 is 0 Å². The van der Waals surface area contributed by atoms with Gasteiger partial charge < -0.3 is 10.6 Å². The van der Waals surface area contributed by atoms with Crippen molar-refractivity contribution >= 4 is 17.5 Å². The number of hydrogen-bond donors (Lipinski definition) is 2. The Bertz CT molecular complexity index is 783. The van der Waals surface area contributed by atoms with E-state index in [0.717, 1.165) is 23.2 Å². The Morgan fingerprint density at radius 2 is 1.92 bits per heavy atom. The Labute approximate surface area is 155 Å². The summed E-state index contributed by atoms with van der Waals surface area (Å²) in [5, 5.41) is 5.98. The second-order valence-corrected chi connectivity index (χ2v) is 6.97. The molecule has 2 atom stereocenters. The number of rotatable bonds is 6. The highest BCUT2D eigenvalue weighted by molar-refractivity contribution is 5.96. The standard InChI is InChI=1S/C22H26N2O2/c1-3-16-8-10-17(11-9-16)15(2)23-21(25)13-12-19-14-18-6-4-5-7-20(18)24-22(19)26/h4-11,15,19H,3,12-14H2,1-2H3,(H,23,25)(H,24,26). The van der Waals surface area contributed by atoms with Crippen LogP contribution in [0.5, 0.6) is 0 Å². The van der Waals surface area contributed by atoms with E-state index in [0.29, 0.717) is 19.3 Å². The zero-order valence-electron chi connectivity index (χ0n) is 15.4. The van der Waals surface area contributed by atoms with E-state index in [-0.39, 0.29) is 23.8 Å². The van der Waals surface area contributed by atoms with Gasteiger partial charge in [0.25, 0.3) is 0 Å². The molecule has 0 saturated carbocycles.